The van der Waals surface area contributed by atoms with E-state index < -0.39 is 0 Å². The van der Waals surface area contributed by atoms with Crippen LogP contribution in [0.1, 0.15) is 28.5 Å². The summed E-state index contributed by atoms with van der Waals surface area (Å²) in [7, 11) is 0. The van der Waals surface area contributed by atoms with Crippen LogP contribution in [0.2, 0.25) is 0 Å². The van der Waals surface area contributed by atoms with Gasteiger partial charge in [-0.25, -0.2) is 0 Å². The minimum atomic E-state index is -0.191. The normalized spacial score (nSPS) is 10.4. The zero-order chi connectivity index (χ0) is 13.8. The third-order valence-corrected chi connectivity index (χ3v) is 3.24. The molecule has 0 amide bonds. The number of nitrogens with zero attached hydrogens (tertiary/aromatic N) is 1. The summed E-state index contributed by atoms with van der Waals surface area (Å²) in [6, 6.07) is 13.4. The van der Waals surface area contributed by atoms with Gasteiger partial charge in [0.2, 0.25) is 0 Å². The Morgan fingerprint density at radius 1 is 1.11 bits per heavy atom. The van der Waals surface area contributed by atoms with Crippen LogP contribution in [0.5, 0.6) is 0 Å². The fraction of sp³-hybridized carbons (Fsp3) is 0.250. The summed E-state index contributed by atoms with van der Waals surface area (Å²) in [6.07, 6.45) is 0.781. The predicted octanol–water partition coefficient (Wildman–Crippen LogP) is 2.60. The van der Waals surface area contributed by atoms with E-state index in [0.717, 1.165) is 12.1 Å². The highest BCUT2D eigenvalue weighted by Gasteiger charge is 2.09. The first kappa shape index (κ1) is 13.3. The fourth-order valence-corrected chi connectivity index (χ4v) is 2.10. The molecule has 0 aliphatic rings. The van der Waals surface area contributed by atoms with Crippen LogP contribution in [0, 0.1) is 6.92 Å². The molecule has 0 aliphatic heterocycles. The predicted molar refractivity (Wildman–Crippen MR) is 75.6 cm³/mol. The zero-order valence-electron chi connectivity index (χ0n) is 11.2. The molecule has 19 heavy (non-hydrogen) atoms. The van der Waals surface area contributed by atoms with Gasteiger partial charge in [-0.05, 0) is 38.0 Å². The van der Waals surface area contributed by atoms with E-state index in [1.807, 2.05) is 43.3 Å². The van der Waals surface area contributed by atoms with E-state index in [2.05, 4.69) is 0 Å². The van der Waals surface area contributed by atoms with E-state index in [-0.39, 0.29) is 16.9 Å². The van der Waals surface area contributed by atoms with Crippen molar-refractivity contribution in [1.29, 1.82) is 0 Å². The SMILES string of the molecule is CC(=O)c1ccc(C)n(CCc2ccccc2)c1=O. The van der Waals surface area contributed by atoms with Crippen LogP contribution in [0.15, 0.2) is 47.3 Å². The Hall–Kier alpha value is -2.16. The average molecular weight is 255 g/mol. The number of rotatable bonds is 4. The number of aryl methyl sites for hydroxylation is 2. The maximum absolute atomic E-state index is 12.2. The highest BCUT2D eigenvalue weighted by Crippen LogP contribution is 2.04. The molecule has 1 aromatic heterocycles. The van der Waals surface area contributed by atoms with Gasteiger partial charge in [0.25, 0.3) is 5.56 Å². The summed E-state index contributed by atoms with van der Waals surface area (Å²) >= 11 is 0. The van der Waals surface area contributed by atoms with Gasteiger partial charge in [0.1, 0.15) is 0 Å². The number of Topliss-reactive ketones (excluding diaryl/α,β-unsaturated/α-hetero) is 1. The molecule has 0 radical (unpaired) electrons. The van der Waals surface area contributed by atoms with Crippen LogP contribution in [0.3, 0.4) is 0 Å². The first-order valence-electron chi connectivity index (χ1n) is 6.35. The molecule has 0 aliphatic carbocycles. The Balaban J connectivity index is 2.28. The number of hydrogen-bond donors (Lipinski definition) is 0. The summed E-state index contributed by atoms with van der Waals surface area (Å²) in [5.74, 6) is -0.182. The van der Waals surface area contributed by atoms with Crippen molar-refractivity contribution >= 4 is 5.78 Å². The lowest BCUT2D eigenvalue weighted by atomic mass is 10.1. The van der Waals surface area contributed by atoms with E-state index in [0.29, 0.717) is 6.54 Å². The van der Waals surface area contributed by atoms with Crippen LogP contribution in [0.25, 0.3) is 0 Å². The fourth-order valence-electron chi connectivity index (χ4n) is 2.10. The Kier molecular flexibility index (Phi) is 3.95. The Labute approximate surface area is 112 Å². The number of ketones is 1. The molecule has 98 valence electrons. The lowest BCUT2D eigenvalue weighted by Crippen LogP contribution is -2.27. The van der Waals surface area contributed by atoms with Crippen LogP contribution >= 0.6 is 0 Å². The van der Waals surface area contributed by atoms with E-state index >= 15 is 0 Å². The maximum Gasteiger partial charge on any atom is 0.261 e. The second-order valence-electron chi connectivity index (χ2n) is 4.64. The molecule has 1 heterocycles. The van der Waals surface area contributed by atoms with Gasteiger partial charge in [0.05, 0.1) is 5.56 Å². The lowest BCUT2D eigenvalue weighted by Gasteiger charge is -2.11. The number of hydrogen-bond acceptors (Lipinski definition) is 2. The molecule has 1 aromatic carbocycles. The van der Waals surface area contributed by atoms with E-state index in [4.69, 9.17) is 0 Å². The van der Waals surface area contributed by atoms with Crippen molar-refractivity contribution in [3.05, 3.63) is 69.6 Å². The monoisotopic (exact) mass is 255 g/mol. The topological polar surface area (TPSA) is 39.1 Å². The Bertz CT molecular complexity index is 642. The third kappa shape index (κ3) is 2.99. The van der Waals surface area contributed by atoms with Crippen molar-refractivity contribution in [3.63, 3.8) is 0 Å². The molecule has 0 atom stereocenters. The average Bonchev–Trinajstić information content (AvgIpc) is 2.39. The molecule has 2 rings (SSSR count). The highest BCUT2D eigenvalue weighted by atomic mass is 16.1. The summed E-state index contributed by atoms with van der Waals surface area (Å²) in [5, 5.41) is 0. The number of carbonyl (C=O) groups is 1. The molecular formula is C16H17NO2. The van der Waals surface area contributed by atoms with Crippen LogP contribution in [-0.2, 0) is 13.0 Å². The molecule has 3 nitrogen and oxygen atoms in total. The minimum Gasteiger partial charge on any atom is -0.312 e. The molecule has 0 saturated heterocycles. The molecule has 0 bridgehead atoms. The first-order chi connectivity index (χ1) is 9.09. The van der Waals surface area contributed by atoms with Gasteiger partial charge < -0.3 is 4.57 Å². The quantitative estimate of drug-likeness (QED) is 0.788. The number of pyridine rings is 1. The van der Waals surface area contributed by atoms with Gasteiger partial charge in [-0.2, -0.15) is 0 Å². The van der Waals surface area contributed by atoms with E-state index in [1.54, 1.807) is 10.6 Å². The second kappa shape index (κ2) is 5.65. The van der Waals surface area contributed by atoms with Crippen molar-refractivity contribution in [2.75, 3.05) is 0 Å². The summed E-state index contributed by atoms with van der Waals surface area (Å²) in [6.45, 7) is 3.90. The Morgan fingerprint density at radius 3 is 2.42 bits per heavy atom. The number of aromatic nitrogens is 1. The van der Waals surface area contributed by atoms with Crippen LogP contribution in [-0.4, -0.2) is 10.4 Å². The molecular weight excluding hydrogens is 238 g/mol. The summed E-state index contributed by atoms with van der Waals surface area (Å²) in [4.78, 5) is 23.6. The summed E-state index contributed by atoms with van der Waals surface area (Å²) in [5.41, 5.74) is 2.13. The van der Waals surface area contributed by atoms with Crippen molar-refractivity contribution in [2.45, 2.75) is 26.8 Å². The summed E-state index contributed by atoms with van der Waals surface area (Å²) < 4.78 is 1.67. The first-order valence-corrected chi connectivity index (χ1v) is 6.35. The maximum atomic E-state index is 12.2. The lowest BCUT2D eigenvalue weighted by molar-refractivity contribution is 0.101. The van der Waals surface area contributed by atoms with Crippen LogP contribution < -0.4 is 5.56 Å². The second-order valence-corrected chi connectivity index (χ2v) is 4.64. The molecule has 0 fully saturated rings. The molecule has 3 heteroatoms. The third-order valence-electron chi connectivity index (χ3n) is 3.24. The van der Waals surface area contributed by atoms with Crippen molar-refractivity contribution in [2.24, 2.45) is 0 Å². The molecule has 0 unspecified atom stereocenters. The largest absolute Gasteiger partial charge is 0.312 e. The van der Waals surface area contributed by atoms with Gasteiger partial charge in [-0.15, -0.1) is 0 Å². The Morgan fingerprint density at radius 2 is 1.79 bits per heavy atom. The number of benzene rings is 1. The van der Waals surface area contributed by atoms with Gasteiger partial charge in [0, 0.05) is 12.2 Å². The molecule has 0 spiro atoms. The smallest absolute Gasteiger partial charge is 0.261 e. The number of carbonyl (C=O) groups excluding carboxylic acids is 1. The van der Waals surface area contributed by atoms with Gasteiger partial charge in [-0.3, -0.25) is 9.59 Å². The van der Waals surface area contributed by atoms with Crippen LogP contribution in [0.4, 0.5) is 0 Å². The van der Waals surface area contributed by atoms with Crippen molar-refractivity contribution in [1.82, 2.24) is 4.57 Å². The zero-order valence-corrected chi connectivity index (χ0v) is 11.2. The molecule has 2 aromatic rings. The standard InChI is InChI=1S/C16H17NO2/c1-12-8-9-15(13(2)18)16(19)17(12)11-10-14-6-4-3-5-7-14/h3-9H,10-11H2,1-2H3. The van der Waals surface area contributed by atoms with E-state index in [9.17, 15) is 9.59 Å². The molecule has 0 N–H and O–H groups in total. The minimum absolute atomic E-state index is 0.182. The van der Waals surface area contributed by atoms with E-state index in [1.165, 1.54) is 12.5 Å². The molecule has 0 saturated carbocycles. The van der Waals surface area contributed by atoms with Gasteiger partial charge in [0.15, 0.2) is 5.78 Å². The highest BCUT2D eigenvalue weighted by molar-refractivity contribution is 5.93. The van der Waals surface area contributed by atoms with Crippen molar-refractivity contribution in [3.8, 4) is 0 Å². The van der Waals surface area contributed by atoms with Gasteiger partial charge in [-0.1, -0.05) is 30.3 Å². The van der Waals surface area contributed by atoms with Crippen molar-refractivity contribution < 1.29 is 4.79 Å². The van der Waals surface area contributed by atoms with Gasteiger partial charge >= 0.3 is 0 Å².